The van der Waals surface area contributed by atoms with Crippen LogP contribution in [0.25, 0.3) is 0 Å². The van der Waals surface area contributed by atoms with Crippen LogP contribution in [0.4, 0.5) is 5.69 Å². The number of anilines is 1. The van der Waals surface area contributed by atoms with E-state index in [1.807, 2.05) is 12.1 Å². The fraction of sp³-hybridized carbons (Fsp3) is 0.545. The largest absolute Gasteiger partial charge is 0.493 e. The number of piperidine rings is 1. The average Bonchev–Trinajstić information content (AvgIpc) is 3.01. The molecule has 12 nitrogen and oxygen atoms in total. The van der Waals surface area contributed by atoms with Crippen LogP contribution in [0.3, 0.4) is 0 Å². The molecular weight excluding hydrogens is 584 g/mol. The lowest BCUT2D eigenvalue weighted by Gasteiger charge is -2.37. The van der Waals surface area contributed by atoms with E-state index in [4.69, 9.17) is 14.2 Å². The van der Waals surface area contributed by atoms with Crippen LogP contribution in [0.2, 0.25) is 0 Å². The smallest absolute Gasteiger partial charge is 0.344 e. The molecule has 0 radical (unpaired) electrons. The minimum absolute atomic E-state index is 0.0186. The Bertz CT molecular complexity index is 1330. The maximum atomic E-state index is 13.4. The molecule has 1 amide bonds. The van der Waals surface area contributed by atoms with E-state index in [1.165, 1.54) is 12.5 Å². The number of ether oxygens (including phenoxy) is 3. The molecule has 0 saturated carbocycles. The average molecular weight is 629 g/mol. The van der Waals surface area contributed by atoms with Crippen LogP contribution >= 0.6 is 0 Å². The molecular formula is C33H44N2O10. The predicted molar refractivity (Wildman–Crippen MR) is 164 cm³/mol. The molecule has 0 aliphatic carbocycles. The fourth-order valence-corrected chi connectivity index (χ4v) is 5.81. The van der Waals surface area contributed by atoms with Crippen LogP contribution in [0.1, 0.15) is 74.0 Å². The van der Waals surface area contributed by atoms with Crippen LogP contribution < -0.4 is 15.0 Å². The molecule has 2 aromatic carbocycles. The maximum absolute atomic E-state index is 13.4. The Morgan fingerprint density at radius 1 is 1.00 bits per heavy atom. The lowest BCUT2D eigenvalue weighted by molar-refractivity contribution is -0.278. The van der Waals surface area contributed by atoms with E-state index in [2.05, 4.69) is 36.2 Å². The molecule has 0 spiro atoms. The zero-order valence-electron chi connectivity index (χ0n) is 25.9. The van der Waals surface area contributed by atoms with Gasteiger partial charge in [-0.3, -0.25) is 4.79 Å². The van der Waals surface area contributed by atoms with E-state index in [0.717, 1.165) is 43.6 Å². The van der Waals surface area contributed by atoms with Gasteiger partial charge in [0.05, 0.1) is 19.1 Å². The molecule has 2 aliphatic rings. The number of nitrogens with zero attached hydrogens (tertiary/aromatic N) is 1. The quantitative estimate of drug-likeness (QED) is 0.219. The SMILES string of the molecule is CCOc1cc(CC(=O)N[C@@H](CC(C)C)c2ccccc2N2CCCCC2)ccc1C(=O)O[C@@H]1O[C@H](C(=O)O)[C@@H](O)[C@H](O)[C@H]1O. The summed E-state index contributed by atoms with van der Waals surface area (Å²) in [5.74, 6) is -2.36. The number of nitrogens with one attached hydrogen (secondary N) is 1. The second kappa shape index (κ2) is 15.5. The Morgan fingerprint density at radius 3 is 2.38 bits per heavy atom. The summed E-state index contributed by atoms with van der Waals surface area (Å²) in [7, 11) is 0. The first-order valence-electron chi connectivity index (χ1n) is 15.5. The van der Waals surface area contributed by atoms with Gasteiger partial charge in [0.15, 0.2) is 6.10 Å². The third-order valence-corrected chi connectivity index (χ3v) is 8.02. The first-order chi connectivity index (χ1) is 21.5. The highest BCUT2D eigenvalue weighted by Gasteiger charge is 2.48. The van der Waals surface area contributed by atoms with Crippen LogP contribution in [0.5, 0.6) is 5.75 Å². The van der Waals surface area contributed by atoms with Crippen LogP contribution in [-0.4, -0.2) is 88.7 Å². The highest BCUT2D eigenvalue weighted by atomic mass is 16.7. The van der Waals surface area contributed by atoms with Gasteiger partial charge in [-0.15, -0.1) is 0 Å². The van der Waals surface area contributed by atoms with E-state index < -0.39 is 42.6 Å². The predicted octanol–water partition coefficient (Wildman–Crippen LogP) is 2.57. The molecule has 6 atom stereocenters. The van der Waals surface area contributed by atoms with Crippen LogP contribution in [-0.2, 0) is 25.5 Å². The zero-order valence-corrected chi connectivity index (χ0v) is 25.9. The number of carboxylic acids is 1. The zero-order chi connectivity index (χ0) is 32.7. The van der Waals surface area contributed by atoms with E-state index in [9.17, 15) is 34.8 Å². The summed E-state index contributed by atoms with van der Waals surface area (Å²) in [6.07, 6.45) is -5.22. The number of carboxylic acid groups (broad SMARTS) is 1. The Morgan fingerprint density at radius 2 is 1.71 bits per heavy atom. The number of hydrogen-bond acceptors (Lipinski definition) is 10. The first kappa shape index (κ1) is 34.2. The summed E-state index contributed by atoms with van der Waals surface area (Å²) in [5.41, 5.74) is 2.76. The van der Waals surface area contributed by atoms with Gasteiger partial charge in [0.2, 0.25) is 12.2 Å². The molecule has 2 aliphatic heterocycles. The standard InChI is InChI=1S/C33H44N2O10/c1-4-43-25-17-20(12-13-22(25)32(42)45-33-29(39)27(37)28(38)30(44-33)31(40)41)18-26(36)34-23(16-19(2)3)21-10-6-7-11-24(21)35-14-8-5-9-15-35/h6-7,10-13,17,19,23,27-30,33,37-39H,4-5,8-9,14-16,18H2,1-3H3,(H,34,36)(H,40,41)/t23-,27-,28-,29+,30-,33-/m0/s1. The van der Waals surface area contributed by atoms with Gasteiger partial charge in [-0.2, -0.15) is 0 Å². The number of aliphatic carboxylic acids is 1. The third-order valence-electron chi connectivity index (χ3n) is 8.02. The van der Waals surface area contributed by atoms with Crippen molar-refractivity contribution in [3.05, 3.63) is 59.2 Å². The number of carbonyl (C=O) groups excluding carboxylic acids is 2. The third kappa shape index (κ3) is 8.51. The van der Waals surface area contributed by atoms with Gasteiger partial charge in [0.1, 0.15) is 29.6 Å². The molecule has 2 aromatic rings. The van der Waals surface area contributed by atoms with Crippen molar-refractivity contribution < 1.29 is 49.0 Å². The van der Waals surface area contributed by atoms with Crippen molar-refractivity contribution in [3.8, 4) is 5.75 Å². The number of benzene rings is 2. The highest BCUT2D eigenvalue weighted by molar-refractivity contribution is 5.93. The van der Waals surface area contributed by atoms with Crippen LogP contribution in [0.15, 0.2) is 42.5 Å². The lowest BCUT2D eigenvalue weighted by Crippen LogP contribution is -2.60. The summed E-state index contributed by atoms with van der Waals surface area (Å²) in [6, 6.07) is 12.6. The van der Waals surface area contributed by atoms with E-state index in [-0.39, 0.29) is 36.3 Å². The Labute approximate surface area is 262 Å². The Kier molecular flexibility index (Phi) is 11.8. The molecule has 5 N–H and O–H groups in total. The molecule has 4 rings (SSSR count). The minimum atomic E-state index is -1.92. The van der Waals surface area contributed by atoms with Gasteiger partial charge >= 0.3 is 11.9 Å². The summed E-state index contributed by atoms with van der Waals surface area (Å²) in [6.45, 7) is 8.13. The van der Waals surface area contributed by atoms with Crippen molar-refractivity contribution in [1.82, 2.24) is 5.32 Å². The molecule has 45 heavy (non-hydrogen) atoms. The van der Waals surface area contributed by atoms with Crippen molar-refractivity contribution in [2.24, 2.45) is 5.92 Å². The van der Waals surface area contributed by atoms with E-state index in [0.29, 0.717) is 11.5 Å². The van der Waals surface area contributed by atoms with E-state index in [1.54, 1.807) is 19.1 Å². The molecule has 246 valence electrons. The van der Waals surface area contributed by atoms with E-state index >= 15 is 0 Å². The number of amides is 1. The second-order valence-electron chi connectivity index (χ2n) is 11.9. The molecule has 2 saturated heterocycles. The summed E-state index contributed by atoms with van der Waals surface area (Å²) < 4.78 is 15.9. The minimum Gasteiger partial charge on any atom is -0.493 e. The number of carbonyl (C=O) groups is 3. The van der Waals surface area contributed by atoms with Crippen LogP contribution in [0, 0.1) is 5.92 Å². The monoisotopic (exact) mass is 628 g/mol. The normalized spacial score (nSPS) is 24.2. The fourth-order valence-electron chi connectivity index (χ4n) is 5.81. The number of rotatable bonds is 12. The number of para-hydroxylation sites is 1. The summed E-state index contributed by atoms with van der Waals surface area (Å²) in [5, 5.41) is 42.7. The van der Waals surface area contributed by atoms with Gasteiger partial charge < -0.3 is 44.9 Å². The molecule has 0 bridgehead atoms. The van der Waals surface area contributed by atoms with Gasteiger partial charge in [-0.05, 0) is 67.9 Å². The Hall–Kier alpha value is -3.71. The van der Waals surface area contributed by atoms with Gasteiger partial charge in [0, 0.05) is 18.8 Å². The molecule has 12 heteroatoms. The second-order valence-corrected chi connectivity index (χ2v) is 11.9. The number of aliphatic hydroxyl groups excluding tert-OH is 3. The molecule has 0 unspecified atom stereocenters. The van der Waals surface area contributed by atoms with Gasteiger partial charge in [-0.25, -0.2) is 9.59 Å². The number of hydrogen-bond donors (Lipinski definition) is 5. The number of aliphatic hydroxyl groups is 3. The van der Waals surface area contributed by atoms with Crippen molar-refractivity contribution in [1.29, 1.82) is 0 Å². The highest BCUT2D eigenvalue weighted by Crippen LogP contribution is 2.32. The summed E-state index contributed by atoms with van der Waals surface area (Å²) >= 11 is 0. The Balaban J connectivity index is 1.49. The first-order valence-corrected chi connectivity index (χ1v) is 15.5. The van der Waals surface area contributed by atoms with Crippen molar-refractivity contribution >= 4 is 23.5 Å². The maximum Gasteiger partial charge on any atom is 0.344 e. The van der Waals surface area contributed by atoms with Gasteiger partial charge in [-0.1, -0.05) is 38.1 Å². The van der Waals surface area contributed by atoms with Crippen molar-refractivity contribution in [3.63, 3.8) is 0 Å². The van der Waals surface area contributed by atoms with Crippen molar-refractivity contribution in [2.75, 3.05) is 24.6 Å². The van der Waals surface area contributed by atoms with Gasteiger partial charge in [0.25, 0.3) is 0 Å². The topological polar surface area (TPSA) is 175 Å². The molecule has 2 heterocycles. The molecule has 2 fully saturated rings. The summed E-state index contributed by atoms with van der Waals surface area (Å²) in [4.78, 5) is 40.2. The number of esters is 1. The van der Waals surface area contributed by atoms with Crippen molar-refractivity contribution in [2.45, 2.75) is 89.6 Å². The lowest BCUT2D eigenvalue weighted by atomic mass is 9.94. The molecule has 0 aromatic heterocycles.